The number of carbonyl (C=O) groups excluding carboxylic acids is 1. The molecule has 6 nitrogen and oxygen atoms in total. The molecule has 36 heavy (non-hydrogen) atoms. The van der Waals surface area contributed by atoms with Gasteiger partial charge in [-0.3, -0.25) is 4.79 Å². The first-order chi connectivity index (χ1) is 16.9. The second-order valence-corrected chi connectivity index (χ2v) is 11.2. The smallest absolute Gasteiger partial charge is 0.218 e. The molecule has 3 N–H and O–H groups in total. The van der Waals surface area contributed by atoms with Crippen molar-refractivity contribution in [1.82, 2.24) is 15.6 Å². The van der Waals surface area contributed by atoms with Crippen LogP contribution in [0.4, 0.5) is 8.78 Å². The second kappa shape index (κ2) is 10.6. The summed E-state index contributed by atoms with van der Waals surface area (Å²) in [6.07, 6.45) is 4.94. The number of nitrogens with zero attached hydrogens (tertiary/aromatic N) is 1. The summed E-state index contributed by atoms with van der Waals surface area (Å²) in [4.78, 5) is 16.4. The zero-order chi connectivity index (χ0) is 26.1. The van der Waals surface area contributed by atoms with Gasteiger partial charge in [-0.2, -0.15) is 0 Å². The fraction of sp³-hybridized carbons (Fsp3) is 0.556. The number of aliphatic hydroxyl groups is 1. The van der Waals surface area contributed by atoms with E-state index in [1.807, 2.05) is 6.07 Å². The average Bonchev–Trinajstić information content (AvgIpc) is 2.76. The highest BCUT2D eigenvalue weighted by Gasteiger charge is 2.46. The van der Waals surface area contributed by atoms with Crippen molar-refractivity contribution in [2.75, 3.05) is 6.54 Å². The maximum absolute atomic E-state index is 14.3. The average molecular weight is 522 g/mol. The van der Waals surface area contributed by atoms with Crippen LogP contribution in [0.2, 0.25) is 5.02 Å². The molecular formula is C27H34ClF2N3O3. The van der Waals surface area contributed by atoms with Gasteiger partial charge in [0.1, 0.15) is 17.1 Å². The number of hydrogen-bond acceptors (Lipinski definition) is 5. The van der Waals surface area contributed by atoms with Gasteiger partial charge in [0.15, 0.2) is 0 Å². The molecule has 2 aromatic rings. The molecule has 1 fully saturated rings. The number of halogens is 3. The lowest BCUT2D eigenvalue weighted by Crippen LogP contribution is -2.52. The number of rotatable bonds is 9. The Labute approximate surface area is 215 Å². The highest BCUT2D eigenvalue weighted by atomic mass is 35.5. The monoisotopic (exact) mass is 521 g/mol. The van der Waals surface area contributed by atoms with Crippen molar-refractivity contribution >= 4 is 17.5 Å². The Morgan fingerprint density at radius 1 is 1.33 bits per heavy atom. The first kappa shape index (κ1) is 26.8. The molecule has 4 rings (SSSR count). The molecule has 1 aromatic carbocycles. The largest absolute Gasteiger partial charge is 0.471 e. The zero-order valence-electron chi connectivity index (χ0n) is 20.9. The lowest BCUT2D eigenvalue weighted by atomic mass is 9.73. The summed E-state index contributed by atoms with van der Waals surface area (Å²) in [6, 6.07) is 5.55. The summed E-state index contributed by atoms with van der Waals surface area (Å²) in [5, 5.41) is 17.3. The number of aliphatic hydroxyl groups excluding tert-OH is 1. The van der Waals surface area contributed by atoms with Crippen LogP contribution >= 0.6 is 11.6 Å². The number of hydrogen-bond donors (Lipinski definition) is 3. The minimum absolute atomic E-state index is 0.00828. The quantitative estimate of drug-likeness (QED) is 0.449. The van der Waals surface area contributed by atoms with E-state index in [-0.39, 0.29) is 42.0 Å². The molecule has 1 aromatic heterocycles. The highest BCUT2D eigenvalue weighted by molar-refractivity contribution is 6.30. The summed E-state index contributed by atoms with van der Waals surface area (Å²) in [5.41, 5.74) is 0.695. The van der Waals surface area contributed by atoms with Crippen molar-refractivity contribution in [3.05, 3.63) is 58.0 Å². The molecule has 0 radical (unpaired) electrons. The number of ether oxygens (including phenoxy) is 1. The Morgan fingerprint density at radius 3 is 2.69 bits per heavy atom. The van der Waals surface area contributed by atoms with Crippen LogP contribution in [0.3, 0.4) is 0 Å². The molecule has 0 unspecified atom stereocenters. The van der Waals surface area contributed by atoms with E-state index in [9.17, 15) is 18.7 Å². The van der Waals surface area contributed by atoms with Crippen LogP contribution in [0.1, 0.15) is 69.2 Å². The molecule has 1 aliphatic carbocycles. The lowest BCUT2D eigenvalue weighted by Gasteiger charge is -2.47. The molecule has 196 valence electrons. The van der Waals surface area contributed by atoms with E-state index < -0.39 is 23.6 Å². The standard InChI is InChI=1S/C27H34ClF2N3O3/c1-16(34)33-22(11-17-5-6-21(29)20(28)10-17)24(35)15-31-23-13-27(7-4-8-27)36-25-19(23)9-18(14-32-25)12-26(2,3)30/h5-6,9-10,14,22-24,31,35H,4,7-8,11-13,15H2,1-3H3,(H,33,34)/t22-,23-,24+/m0/s1. The summed E-state index contributed by atoms with van der Waals surface area (Å²) in [7, 11) is 0. The van der Waals surface area contributed by atoms with E-state index in [1.54, 1.807) is 12.3 Å². The maximum Gasteiger partial charge on any atom is 0.218 e. The van der Waals surface area contributed by atoms with Crippen molar-refractivity contribution < 1.29 is 23.4 Å². The normalized spacial score (nSPS) is 20.1. The molecule has 1 amide bonds. The first-order valence-corrected chi connectivity index (χ1v) is 12.8. The molecule has 0 saturated heterocycles. The van der Waals surface area contributed by atoms with Crippen molar-refractivity contribution in [2.45, 2.75) is 88.8 Å². The van der Waals surface area contributed by atoms with Gasteiger partial charge in [0.25, 0.3) is 0 Å². The predicted octanol–water partition coefficient (Wildman–Crippen LogP) is 4.61. The number of carbonyl (C=O) groups is 1. The fourth-order valence-corrected chi connectivity index (χ4v) is 5.29. The third kappa shape index (κ3) is 6.52. The van der Waals surface area contributed by atoms with Gasteiger partial charge in [0.05, 0.1) is 17.2 Å². The van der Waals surface area contributed by atoms with Gasteiger partial charge in [-0.05, 0) is 68.9 Å². The topological polar surface area (TPSA) is 83.5 Å². The van der Waals surface area contributed by atoms with Gasteiger partial charge in [-0.1, -0.05) is 17.7 Å². The molecule has 2 heterocycles. The van der Waals surface area contributed by atoms with Crippen molar-refractivity contribution in [2.24, 2.45) is 0 Å². The highest BCUT2D eigenvalue weighted by Crippen LogP contribution is 2.48. The minimum Gasteiger partial charge on any atom is -0.471 e. The number of pyridine rings is 1. The third-order valence-electron chi connectivity index (χ3n) is 6.96. The van der Waals surface area contributed by atoms with Gasteiger partial charge < -0.3 is 20.5 Å². The van der Waals surface area contributed by atoms with E-state index in [0.29, 0.717) is 11.4 Å². The summed E-state index contributed by atoms with van der Waals surface area (Å²) in [6.45, 7) is 4.65. The predicted molar refractivity (Wildman–Crippen MR) is 134 cm³/mol. The number of alkyl halides is 1. The number of aromatic nitrogens is 1. The number of amides is 1. The fourth-order valence-electron chi connectivity index (χ4n) is 5.09. The molecule has 1 aliphatic heterocycles. The van der Waals surface area contributed by atoms with Gasteiger partial charge in [0.2, 0.25) is 11.8 Å². The van der Waals surface area contributed by atoms with E-state index in [0.717, 1.165) is 36.8 Å². The van der Waals surface area contributed by atoms with Crippen LogP contribution in [0, 0.1) is 5.82 Å². The Balaban J connectivity index is 1.50. The number of benzene rings is 1. The van der Waals surface area contributed by atoms with Gasteiger partial charge in [-0.25, -0.2) is 13.8 Å². The van der Waals surface area contributed by atoms with Gasteiger partial charge >= 0.3 is 0 Å². The molecule has 0 bridgehead atoms. The van der Waals surface area contributed by atoms with E-state index in [1.165, 1.54) is 32.9 Å². The Bertz CT molecular complexity index is 1100. The molecular weight excluding hydrogens is 488 g/mol. The Morgan fingerprint density at radius 2 is 2.08 bits per heavy atom. The summed E-state index contributed by atoms with van der Waals surface area (Å²) < 4.78 is 34.1. The van der Waals surface area contributed by atoms with Crippen molar-refractivity contribution in [3.8, 4) is 5.88 Å². The molecule has 3 atom stereocenters. The van der Waals surface area contributed by atoms with Crippen molar-refractivity contribution in [3.63, 3.8) is 0 Å². The maximum atomic E-state index is 14.3. The van der Waals surface area contributed by atoms with Gasteiger partial charge in [0, 0.05) is 44.1 Å². The van der Waals surface area contributed by atoms with E-state index >= 15 is 0 Å². The Hall–Kier alpha value is -2.29. The molecule has 1 saturated carbocycles. The first-order valence-electron chi connectivity index (χ1n) is 12.4. The van der Waals surface area contributed by atoms with Crippen molar-refractivity contribution in [1.29, 1.82) is 0 Å². The molecule has 9 heteroatoms. The third-order valence-corrected chi connectivity index (χ3v) is 7.25. The Kier molecular flexibility index (Phi) is 7.88. The minimum atomic E-state index is -1.37. The van der Waals surface area contributed by atoms with Crippen LogP contribution in [0.5, 0.6) is 5.88 Å². The van der Waals surface area contributed by atoms with Crippen LogP contribution in [0.15, 0.2) is 30.5 Å². The van der Waals surface area contributed by atoms with Crippen LogP contribution in [-0.2, 0) is 17.6 Å². The summed E-state index contributed by atoms with van der Waals surface area (Å²) in [5.74, 6) is -0.251. The molecule has 1 spiro atoms. The van der Waals surface area contributed by atoms with E-state index in [4.69, 9.17) is 16.3 Å². The molecule has 2 aliphatic rings. The van der Waals surface area contributed by atoms with Crippen LogP contribution in [-0.4, -0.2) is 46.0 Å². The second-order valence-electron chi connectivity index (χ2n) is 10.8. The van der Waals surface area contributed by atoms with E-state index in [2.05, 4.69) is 15.6 Å². The SMILES string of the molecule is CC(=O)N[C@@H](Cc1ccc(F)c(Cl)c1)[C@H](O)CN[C@H]1CC2(CCC2)Oc2ncc(CC(C)(C)F)cc21. The van der Waals surface area contributed by atoms with Crippen LogP contribution < -0.4 is 15.4 Å². The number of fused-ring (bicyclic) bond motifs is 1. The number of nitrogens with one attached hydrogen (secondary N) is 2. The zero-order valence-corrected chi connectivity index (χ0v) is 21.7. The lowest BCUT2D eigenvalue weighted by molar-refractivity contribution is -0.120. The van der Waals surface area contributed by atoms with Gasteiger partial charge in [-0.15, -0.1) is 0 Å². The van der Waals surface area contributed by atoms with Crippen LogP contribution in [0.25, 0.3) is 0 Å². The summed E-state index contributed by atoms with van der Waals surface area (Å²) >= 11 is 5.91.